The molecule has 1 aliphatic rings. The molecule has 0 saturated carbocycles. The van der Waals surface area contributed by atoms with Gasteiger partial charge in [0.2, 0.25) is 0 Å². The number of imide groups is 1. The minimum Gasteiger partial charge on any atom is -0.497 e. The number of nitrogens with one attached hydrogen (secondary N) is 1. The molecule has 0 unspecified atom stereocenters. The number of nitrogens with zero attached hydrogens (tertiary/aromatic N) is 1. The number of carbonyl (C=O) groups excluding carboxylic acids is 2. The lowest BCUT2D eigenvalue weighted by Gasteiger charge is -2.19. The van der Waals surface area contributed by atoms with Crippen LogP contribution in [0.4, 0.5) is 11.4 Å². The van der Waals surface area contributed by atoms with E-state index in [0.717, 1.165) is 26.9 Å². The summed E-state index contributed by atoms with van der Waals surface area (Å²) in [4.78, 5) is 28.8. The van der Waals surface area contributed by atoms with Crippen molar-refractivity contribution >= 4 is 39.5 Å². The Morgan fingerprint density at radius 3 is 2.26 bits per heavy atom. The van der Waals surface area contributed by atoms with Crippen LogP contribution in [-0.2, 0) is 9.59 Å². The second-order valence-electron chi connectivity index (χ2n) is 8.25. The zero-order chi connectivity index (χ0) is 24.5. The molecule has 1 aliphatic heterocycles. The van der Waals surface area contributed by atoms with Crippen LogP contribution in [0, 0.1) is 6.92 Å². The van der Waals surface area contributed by atoms with Gasteiger partial charge < -0.3 is 14.8 Å². The van der Waals surface area contributed by atoms with Gasteiger partial charge >= 0.3 is 0 Å². The molecule has 2 amide bonds. The second-order valence-corrected chi connectivity index (χ2v) is 8.25. The summed E-state index contributed by atoms with van der Waals surface area (Å²) < 4.78 is 10.8. The summed E-state index contributed by atoms with van der Waals surface area (Å²) in [7, 11) is 3.04. The van der Waals surface area contributed by atoms with Crippen LogP contribution in [-0.4, -0.2) is 26.0 Å². The van der Waals surface area contributed by atoms with Gasteiger partial charge in [0.15, 0.2) is 0 Å². The number of hydrogen-bond donors (Lipinski definition) is 1. The molecule has 6 heteroatoms. The molecule has 0 aromatic heterocycles. The molecule has 35 heavy (non-hydrogen) atoms. The smallest absolute Gasteiger partial charge is 0.282 e. The number of carbonyl (C=O) groups is 2. The molecule has 0 radical (unpaired) electrons. The van der Waals surface area contributed by atoms with Crippen LogP contribution >= 0.6 is 0 Å². The Morgan fingerprint density at radius 1 is 0.771 bits per heavy atom. The van der Waals surface area contributed by atoms with Gasteiger partial charge in [0, 0.05) is 17.1 Å². The first-order chi connectivity index (χ1) is 17.0. The van der Waals surface area contributed by atoms with E-state index >= 15 is 0 Å². The van der Waals surface area contributed by atoms with Crippen LogP contribution in [0.2, 0.25) is 0 Å². The summed E-state index contributed by atoms with van der Waals surface area (Å²) in [6, 6.07) is 26.3. The molecule has 5 rings (SSSR count). The third kappa shape index (κ3) is 3.89. The Hall–Kier alpha value is -4.58. The van der Waals surface area contributed by atoms with Gasteiger partial charge in [-0.05, 0) is 36.1 Å². The SMILES string of the molecule is COc1ccc(N2C(=O)C(Nc3cccc4ccccc34)=C(c3ccc(C)cc3)C2=O)c(OC)c1. The van der Waals surface area contributed by atoms with Crippen LogP contribution in [0.15, 0.2) is 90.6 Å². The standard InChI is InChI=1S/C29H24N2O4/c1-18-11-13-20(14-12-18)26-27(30-23-10-6-8-19-7-4-5-9-22(19)23)29(33)31(28(26)32)24-16-15-21(34-2)17-25(24)35-3/h4-17,30H,1-3H3. The van der Waals surface area contributed by atoms with Crippen molar-refractivity contribution in [3.05, 3.63) is 102 Å². The van der Waals surface area contributed by atoms with Gasteiger partial charge in [-0.2, -0.15) is 0 Å². The highest BCUT2D eigenvalue weighted by molar-refractivity contribution is 6.46. The van der Waals surface area contributed by atoms with Gasteiger partial charge in [0.05, 0.1) is 25.5 Å². The van der Waals surface area contributed by atoms with Crippen LogP contribution in [0.1, 0.15) is 11.1 Å². The minimum atomic E-state index is -0.457. The van der Waals surface area contributed by atoms with E-state index < -0.39 is 11.8 Å². The molecule has 6 nitrogen and oxygen atoms in total. The molecule has 4 aromatic rings. The molecule has 0 bridgehead atoms. The Kier molecular flexibility index (Phi) is 5.71. The van der Waals surface area contributed by atoms with E-state index in [9.17, 15) is 9.59 Å². The fourth-order valence-corrected chi connectivity index (χ4v) is 4.29. The fourth-order valence-electron chi connectivity index (χ4n) is 4.29. The molecule has 0 spiro atoms. The third-order valence-corrected chi connectivity index (χ3v) is 6.10. The van der Waals surface area contributed by atoms with Crippen molar-refractivity contribution in [2.75, 3.05) is 24.4 Å². The first-order valence-electron chi connectivity index (χ1n) is 11.2. The summed E-state index contributed by atoms with van der Waals surface area (Å²) >= 11 is 0. The number of rotatable bonds is 6. The van der Waals surface area contributed by atoms with Gasteiger partial charge in [-0.25, -0.2) is 4.90 Å². The Balaban J connectivity index is 1.66. The van der Waals surface area contributed by atoms with E-state index in [1.807, 2.05) is 73.7 Å². The number of anilines is 2. The normalized spacial score (nSPS) is 13.5. The minimum absolute atomic E-state index is 0.216. The monoisotopic (exact) mass is 464 g/mol. The van der Waals surface area contributed by atoms with Crippen molar-refractivity contribution in [1.82, 2.24) is 0 Å². The highest BCUT2D eigenvalue weighted by Gasteiger charge is 2.41. The lowest BCUT2D eigenvalue weighted by Crippen LogP contribution is -2.32. The van der Waals surface area contributed by atoms with Gasteiger partial charge in [0.1, 0.15) is 17.2 Å². The molecule has 0 aliphatic carbocycles. The zero-order valence-electron chi connectivity index (χ0n) is 19.7. The first-order valence-corrected chi connectivity index (χ1v) is 11.2. The molecule has 0 fully saturated rings. The number of methoxy groups -OCH3 is 2. The third-order valence-electron chi connectivity index (χ3n) is 6.10. The maximum absolute atomic E-state index is 13.8. The van der Waals surface area contributed by atoms with E-state index in [-0.39, 0.29) is 5.70 Å². The largest absolute Gasteiger partial charge is 0.497 e. The number of ether oxygens (including phenoxy) is 2. The highest BCUT2D eigenvalue weighted by Crippen LogP contribution is 2.40. The number of hydrogen-bond acceptors (Lipinski definition) is 5. The van der Waals surface area contributed by atoms with Crippen molar-refractivity contribution in [3.63, 3.8) is 0 Å². The zero-order valence-corrected chi connectivity index (χ0v) is 19.7. The Bertz CT molecular complexity index is 1480. The predicted molar refractivity (Wildman–Crippen MR) is 138 cm³/mol. The quantitative estimate of drug-likeness (QED) is 0.378. The maximum atomic E-state index is 13.8. The molecule has 1 N–H and O–H groups in total. The predicted octanol–water partition coefficient (Wildman–Crippen LogP) is 5.56. The lowest BCUT2D eigenvalue weighted by atomic mass is 10.0. The number of benzene rings is 4. The van der Waals surface area contributed by atoms with Gasteiger partial charge in [-0.15, -0.1) is 0 Å². The van der Waals surface area contributed by atoms with Gasteiger partial charge in [-0.1, -0.05) is 66.2 Å². The summed E-state index contributed by atoms with van der Waals surface area (Å²) in [5.41, 5.74) is 3.33. The molecular formula is C29H24N2O4. The number of amides is 2. The highest BCUT2D eigenvalue weighted by atomic mass is 16.5. The van der Waals surface area contributed by atoms with Crippen molar-refractivity contribution < 1.29 is 19.1 Å². The van der Waals surface area contributed by atoms with Crippen molar-refractivity contribution in [3.8, 4) is 11.5 Å². The van der Waals surface area contributed by atoms with Crippen LogP contribution in [0.25, 0.3) is 16.3 Å². The average Bonchev–Trinajstić information content (AvgIpc) is 3.13. The second kappa shape index (κ2) is 8.99. The van der Waals surface area contributed by atoms with E-state index in [1.54, 1.807) is 25.3 Å². The number of aryl methyl sites for hydroxylation is 1. The van der Waals surface area contributed by atoms with E-state index in [4.69, 9.17) is 9.47 Å². The topological polar surface area (TPSA) is 67.9 Å². The van der Waals surface area contributed by atoms with Crippen molar-refractivity contribution in [1.29, 1.82) is 0 Å². The average molecular weight is 465 g/mol. The van der Waals surface area contributed by atoms with Gasteiger partial charge in [-0.3, -0.25) is 9.59 Å². The molecule has 4 aromatic carbocycles. The summed E-state index contributed by atoms with van der Waals surface area (Å²) in [6.45, 7) is 1.98. The fraction of sp³-hybridized carbons (Fsp3) is 0.103. The maximum Gasteiger partial charge on any atom is 0.282 e. The van der Waals surface area contributed by atoms with Crippen molar-refractivity contribution in [2.24, 2.45) is 0 Å². The molecule has 0 saturated heterocycles. The molecule has 174 valence electrons. The Labute approximate surface area is 203 Å². The first kappa shape index (κ1) is 22.2. The molecule has 1 heterocycles. The number of fused-ring (bicyclic) bond motifs is 1. The van der Waals surface area contributed by atoms with Gasteiger partial charge in [0.25, 0.3) is 11.8 Å². The van der Waals surface area contributed by atoms with Crippen LogP contribution in [0.5, 0.6) is 11.5 Å². The van der Waals surface area contributed by atoms with E-state index in [1.165, 1.54) is 7.11 Å². The van der Waals surface area contributed by atoms with E-state index in [0.29, 0.717) is 28.3 Å². The van der Waals surface area contributed by atoms with Crippen molar-refractivity contribution in [2.45, 2.75) is 6.92 Å². The Morgan fingerprint density at radius 2 is 1.51 bits per heavy atom. The summed E-state index contributed by atoms with van der Waals surface area (Å²) in [6.07, 6.45) is 0. The molecule has 0 atom stereocenters. The van der Waals surface area contributed by atoms with Crippen LogP contribution in [0.3, 0.4) is 0 Å². The summed E-state index contributed by atoms with van der Waals surface area (Å²) in [5.74, 6) is 0.0401. The van der Waals surface area contributed by atoms with E-state index in [2.05, 4.69) is 5.32 Å². The summed E-state index contributed by atoms with van der Waals surface area (Å²) in [5, 5.41) is 5.27. The lowest BCUT2D eigenvalue weighted by molar-refractivity contribution is -0.120. The van der Waals surface area contributed by atoms with Crippen LogP contribution < -0.4 is 19.7 Å². The molecular weight excluding hydrogens is 440 g/mol.